The smallest absolute Gasteiger partial charge is 0.492 e. The highest BCUT2D eigenvalue weighted by Crippen LogP contribution is 2.20. The third-order valence-electron chi connectivity index (χ3n) is 1.30. The molecule has 0 atom stereocenters. The highest BCUT2D eigenvalue weighted by Gasteiger charge is 2.16. The first-order valence-electron chi connectivity index (χ1n) is 2.96. The van der Waals surface area contributed by atoms with Crippen LogP contribution < -0.4 is 5.46 Å². The number of hydrogen-bond acceptors (Lipinski definition) is 3. The van der Waals surface area contributed by atoms with Crippen molar-refractivity contribution in [2.45, 2.75) is 0 Å². The van der Waals surface area contributed by atoms with Crippen LogP contribution in [0, 0.1) is 0 Å². The normalized spacial score (nSPS) is 9.73. The molecule has 0 amide bonds. The van der Waals surface area contributed by atoms with Crippen LogP contribution in [0.15, 0.2) is 22.7 Å². The number of rotatable bonds is 1. The van der Waals surface area contributed by atoms with Gasteiger partial charge in [-0.25, -0.2) is 0 Å². The summed E-state index contributed by atoms with van der Waals surface area (Å²) in [7, 11) is -1.63. The molecule has 0 spiro atoms. The fourth-order valence-electron chi connectivity index (χ4n) is 0.740. The van der Waals surface area contributed by atoms with Crippen molar-refractivity contribution in [2.75, 3.05) is 0 Å². The standard InChI is InChI=1S/C6H6BBrO3/c8-5-3-1-2-4(6(5)9)7(10)11/h1-3,9-11H. The van der Waals surface area contributed by atoms with Crippen LogP contribution in [-0.2, 0) is 0 Å². The fraction of sp³-hybridized carbons (Fsp3) is 0. The van der Waals surface area contributed by atoms with Gasteiger partial charge in [0, 0.05) is 5.46 Å². The summed E-state index contributed by atoms with van der Waals surface area (Å²) in [4.78, 5) is 0. The molecule has 3 nitrogen and oxygen atoms in total. The third-order valence-corrected chi connectivity index (χ3v) is 1.94. The van der Waals surface area contributed by atoms with Gasteiger partial charge >= 0.3 is 7.12 Å². The predicted molar refractivity (Wildman–Crippen MR) is 45.6 cm³/mol. The Hall–Kier alpha value is -0.515. The molecule has 0 saturated carbocycles. The summed E-state index contributed by atoms with van der Waals surface area (Å²) >= 11 is 3.04. The number of halogens is 1. The molecule has 0 saturated heterocycles. The minimum absolute atomic E-state index is 0.0966. The van der Waals surface area contributed by atoms with Gasteiger partial charge in [0.25, 0.3) is 0 Å². The molecule has 0 aromatic heterocycles. The topological polar surface area (TPSA) is 60.7 Å². The highest BCUT2D eigenvalue weighted by atomic mass is 79.9. The van der Waals surface area contributed by atoms with E-state index in [-0.39, 0.29) is 11.2 Å². The van der Waals surface area contributed by atoms with Crippen molar-refractivity contribution in [3.63, 3.8) is 0 Å². The second kappa shape index (κ2) is 3.25. The lowest BCUT2D eigenvalue weighted by atomic mass is 9.80. The van der Waals surface area contributed by atoms with Crippen LogP contribution >= 0.6 is 15.9 Å². The van der Waals surface area contributed by atoms with Gasteiger partial charge in [-0.05, 0) is 22.0 Å². The van der Waals surface area contributed by atoms with E-state index in [4.69, 9.17) is 10.0 Å². The van der Waals surface area contributed by atoms with Gasteiger partial charge in [0.2, 0.25) is 0 Å². The lowest BCUT2D eigenvalue weighted by molar-refractivity contribution is 0.419. The quantitative estimate of drug-likeness (QED) is 0.572. The number of hydrogen-bond donors (Lipinski definition) is 3. The molecule has 1 aromatic carbocycles. The number of benzene rings is 1. The van der Waals surface area contributed by atoms with Crippen molar-refractivity contribution < 1.29 is 15.2 Å². The molecule has 0 aliphatic carbocycles. The van der Waals surface area contributed by atoms with Crippen LogP contribution in [0.1, 0.15) is 0 Å². The molecule has 0 aliphatic heterocycles. The van der Waals surface area contributed by atoms with Crippen LogP contribution in [0.2, 0.25) is 0 Å². The molecule has 0 unspecified atom stereocenters. The second-order valence-electron chi connectivity index (χ2n) is 2.05. The maximum absolute atomic E-state index is 9.20. The number of phenolic OH excluding ortho intramolecular Hbond substituents is 1. The molecule has 0 bridgehead atoms. The minimum atomic E-state index is -1.63. The van der Waals surface area contributed by atoms with E-state index in [2.05, 4.69) is 15.9 Å². The van der Waals surface area contributed by atoms with Gasteiger partial charge in [-0.2, -0.15) is 0 Å². The molecule has 58 valence electrons. The van der Waals surface area contributed by atoms with E-state index in [0.717, 1.165) is 0 Å². The van der Waals surface area contributed by atoms with Gasteiger partial charge in [-0.1, -0.05) is 12.1 Å². The highest BCUT2D eigenvalue weighted by molar-refractivity contribution is 9.10. The van der Waals surface area contributed by atoms with Crippen molar-refractivity contribution in [1.29, 1.82) is 0 Å². The Bertz CT molecular complexity index is 264. The van der Waals surface area contributed by atoms with Gasteiger partial charge in [0.05, 0.1) is 4.47 Å². The Labute approximate surface area is 72.6 Å². The van der Waals surface area contributed by atoms with E-state index < -0.39 is 7.12 Å². The van der Waals surface area contributed by atoms with E-state index in [1.807, 2.05) is 0 Å². The Morgan fingerprint density at radius 3 is 2.36 bits per heavy atom. The first kappa shape index (κ1) is 8.58. The van der Waals surface area contributed by atoms with Crippen molar-refractivity contribution in [2.24, 2.45) is 0 Å². The maximum atomic E-state index is 9.20. The summed E-state index contributed by atoms with van der Waals surface area (Å²) in [5.41, 5.74) is 0.0966. The SMILES string of the molecule is OB(O)c1cccc(Br)c1O. The third kappa shape index (κ3) is 1.74. The van der Waals surface area contributed by atoms with E-state index in [1.54, 1.807) is 12.1 Å². The summed E-state index contributed by atoms with van der Waals surface area (Å²) in [6, 6.07) is 4.66. The molecule has 1 rings (SSSR count). The molecular weight excluding hydrogens is 211 g/mol. The summed E-state index contributed by atoms with van der Waals surface area (Å²) < 4.78 is 0.447. The molecule has 11 heavy (non-hydrogen) atoms. The molecule has 0 radical (unpaired) electrons. The monoisotopic (exact) mass is 216 g/mol. The average molecular weight is 217 g/mol. The molecule has 3 N–H and O–H groups in total. The molecule has 0 fully saturated rings. The van der Waals surface area contributed by atoms with Crippen molar-refractivity contribution >= 4 is 28.5 Å². The molecule has 5 heteroatoms. The van der Waals surface area contributed by atoms with Crippen LogP contribution in [0.5, 0.6) is 5.75 Å². The van der Waals surface area contributed by atoms with E-state index in [0.29, 0.717) is 4.47 Å². The minimum Gasteiger partial charge on any atom is -0.507 e. The zero-order valence-corrected chi connectivity index (χ0v) is 7.12. The fourth-order valence-corrected chi connectivity index (χ4v) is 1.12. The largest absolute Gasteiger partial charge is 0.507 e. The molecular formula is C6H6BBrO3. The number of para-hydroxylation sites is 1. The predicted octanol–water partition coefficient (Wildman–Crippen LogP) is -0.166. The van der Waals surface area contributed by atoms with E-state index in [1.165, 1.54) is 6.07 Å². The zero-order valence-electron chi connectivity index (χ0n) is 5.53. The lowest BCUT2D eigenvalue weighted by Crippen LogP contribution is -2.29. The van der Waals surface area contributed by atoms with Gasteiger partial charge in [0.15, 0.2) is 0 Å². The van der Waals surface area contributed by atoms with Gasteiger partial charge < -0.3 is 15.2 Å². The van der Waals surface area contributed by atoms with Gasteiger partial charge in [-0.15, -0.1) is 0 Å². The van der Waals surface area contributed by atoms with Crippen LogP contribution in [-0.4, -0.2) is 22.3 Å². The lowest BCUT2D eigenvalue weighted by Gasteiger charge is -2.03. The maximum Gasteiger partial charge on any atom is 0.492 e. The van der Waals surface area contributed by atoms with Crippen molar-refractivity contribution in [3.05, 3.63) is 22.7 Å². The van der Waals surface area contributed by atoms with Crippen LogP contribution in [0.4, 0.5) is 0 Å². The Kier molecular flexibility index (Phi) is 2.54. The average Bonchev–Trinajstić information content (AvgIpc) is 1.94. The summed E-state index contributed by atoms with van der Waals surface area (Å²) in [5.74, 6) is -0.137. The van der Waals surface area contributed by atoms with Gasteiger partial charge in [-0.3, -0.25) is 0 Å². The number of phenols is 1. The van der Waals surface area contributed by atoms with E-state index >= 15 is 0 Å². The Morgan fingerprint density at radius 2 is 1.91 bits per heavy atom. The van der Waals surface area contributed by atoms with E-state index in [9.17, 15) is 5.11 Å². The summed E-state index contributed by atoms with van der Waals surface area (Å²) in [6.45, 7) is 0. The zero-order chi connectivity index (χ0) is 8.43. The second-order valence-corrected chi connectivity index (χ2v) is 2.91. The first-order valence-corrected chi connectivity index (χ1v) is 3.75. The Morgan fingerprint density at radius 1 is 1.27 bits per heavy atom. The number of aromatic hydroxyl groups is 1. The van der Waals surface area contributed by atoms with Crippen molar-refractivity contribution in [1.82, 2.24) is 0 Å². The molecule has 1 aromatic rings. The molecule has 0 heterocycles. The molecule has 0 aliphatic rings. The van der Waals surface area contributed by atoms with Crippen LogP contribution in [0.3, 0.4) is 0 Å². The first-order chi connectivity index (χ1) is 5.13. The summed E-state index contributed by atoms with van der Waals surface area (Å²) in [5, 5.41) is 26.6. The van der Waals surface area contributed by atoms with Gasteiger partial charge in [0.1, 0.15) is 5.75 Å². The van der Waals surface area contributed by atoms with Crippen LogP contribution in [0.25, 0.3) is 0 Å². The summed E-state index contributed by atoms with van der Waals surface area (Å²) in [6.07, 6.45) is 0. The van der Waals surface area contributed by atoms with Crippen molar-refractivity contribution in [3.8, 4) is 5.75 Å². The Balaban J connectivity index is 3.17.